The van der Waals surface area contributed by atoms with Crippen LogP contribution in [0.5, 0.6) is 5.75 Å². The Kier molecular flexibility index (Phi) is 5.76. The van der Waals surface area contributed by atoms with Gasteiger partial charge < -0.3 is 9.64 Å². The van der Waals surface area contributed by atoms with Crippen molar-refractivity contribution in [1.29, 1.82) is 0 Å². The SMILES string of the molecule is Cc1cccc(N2C[C@@H](C(=O)Oc3ccc(N4C(=O)c5ccc(Br)cc5C4=O)c(C)c3)CC2=O)c1. The van der Waals surface area contributed by atoms with Gasteiger partial charge in [-0.1, -0.05) is 28.1 Å². The van der Waals surface area contributed by atoms with Crippen molar-refractivity contribution in [3.63, 3.8) is 0 Å². The smallest absolute Gasteiger partial charge is 0.316 e. The minimum absolute atomic E-state index is 0.0778. The zero-order valence-electron chi connectivity index (χ0n) is 19.1. The second-order valence-corrected chi connectivity index (χ2v) is 9.67. The molecule has 2 aliphatic heterocycles. The standard InChI is InChI=1S/C27H21BrN2O5/c1-15-4-3-5-19(10-15)29-14-17(12-24(29)31)27(34)35-20-7-9-23(16(2)11-20)30-25(32)21-8-6-18(28)13-22(21)26(30)33/h3-11,13,17H,12,14H2,1-2H3/t17-/m0/s1. The van der Waals surface area contributed by atoms with Crippen LogP contribution >= 0.6 is 15.9 Å². The van der Waals surface area contributed by atoms with Crippen molar-refractivity contribution in [2.24, 2.45) is 5.92 Å². The molecule has 2 heterocycles. The number of imide groups is 1. The first-order valence-electron chi connectivity index (χ1n) is 11.1. The molecule has 0 aliphatic carbocycles. The Balaban J connectivity index is 1.31. The average Bonchev–Trinajstić information content (AvgIpc) is 3.32. The maximum atomic E-state index is 12.9. The largest absolute Gasteiger partial charge is 0.426 e. The van der Waals surface area contributed by atoms with Crippen LogP contribution in [-0.4, -0.2) is 30.2 Å². The molecule has 0 radical (unpaired) electrons. The zero-order chi connectivity index (χ0) is 24.9. The minimum atomic E-state index is -0.585. The Labute approximate surface area is 210 Å². The highest BCUT2D eigenvalue weighted by molar-refractivity contribution is 9.10. The topological polar surface area (TPSA) is 84.0 Å². The van der Waals surface area contributed by atoms with Crippen LogP contribution in [0.15, 0.2) is 65.1 Å². The molecule has 0 spiro atoms. The second kappa shape index (κ2) is 8.78. The quantitative estimate of drug-likeness (QED) is 0.273. The maximum absolute atomic E-state index is 12.9. The van der Waals surface area contributed by atoms with Gasteiger partial charge in [0.05, 0.1) is 22.7 Å². The summed E-state index contributed by atoms with van der Waals surface area (Å²) < 4.78 is 6.28. The third-order valence-corrected chi connectivity index (χ3v) is 6.74. The van der Waals surface area contributed by atoms with Crippen LogP contribution in [0, 0.1) is 19.8 Å². The molecule has 1 atom stereocenters. The van der Waals surface area contributed by atoms with Gasteiger partial charge in [0.2, 0.25) is 5.91 Å². The van der Waals surface area contributed by atoms with Gasteiger partial charge in [-0.3, -0.25) is 19.2 Å². The van der Waals surface area contributed by atoms with E-state index in [4.69, 9.17) is 4.74 Å². The van der Waals surface area contributed by atoms with Crippen LogP contribution in [-0.2, 0) is 9.59 Å². The number of esters is 1. The Hall–Kier alpha value is -3.78. The molecule has 0 aromatic heterocycles. The molecule has 5 rings (SSSR count). The van der Waals surface area contributed by atoms with E-state index in [1.165, 1.54) is 0 Å². The third-order valence-electron chi connectivity index (χ3n) is 6.25. The molecule has 3 amide bonds. The number of ether oxygens (including phenoxy) is 1. The predicted octanol–water partition coefficient (Wildman–Crippen LogP) is 4.83. The van der Waals surface area contributed by atoms with Gasteiger partial charge in [0.25, 0.3) is 11.8 Å². The lowest BCUT2D eigenvalue weighted by molar-refractivity contribution is -0.139. The van der Waals surface area contributed by atoms with E-state index in [-0.39, 0.29) is 24.6 Å². The van der Waals surface area contributed by atoms with Crippen molar-refractivity contribution >= 4 is 51.0 Å². The highest BCUT2D eigenvalue weighted by Gasteiger charge is 2.38. The Bertz CT molecular complexity index is 1420. The predicted molar refractivity (Wildman–Crippen MR) is 134 cm³/mol. The van der Waals surface area contributed by atoms with Crippen LogP contribution < -0.4 is 14.5 Å². The summed E-state index contributed by atoms with van der Waals surface area (Å²) >= 11 is 3.33. The molecule has 3 aromatic rings. The summed E-state index contributed by atoms with van der Waals surface area (Å²) in [6, 6.07) is 17.3. The van der Waals surface area contributed by atoms with E-state index < -0.39 is 23.7 Å². The summed E-state index contributed by atoms with van der Waals surface area (Å²) in [6.07, 6.45) is 0.0778. The Morgan fingerprint density at radius 2 is 1.71 bits per heavy atom. The first-order chi connectivity index (χ1) is 16.7. The summed E-state index contributed by atoms with van der Waals surface area (Å²) in [4.78, 5) is 53.9. The number of anilines is 2. The van der Waals surface area contributed by atoms with E-state index in [0.717, 1.165) is 16.2 Å². The van der Waals surface area contributed by atoms with E-state index in [1.807, 2.05) is 31.2 Å². The number of carbonyl (C=O) groups is 4. The van der Waals surface area contributed by atoms with Crippen LogP contribution in [0.2, 0.25) is 0 Å². The van der Waals surface area contributed by atoms with Gasteiger partial charge in [-0.25, -0.2) is 4.90 Å². The normalized spacial score (nSPS) is 17.2. The van der Waals surface area contributed by atoms with E-state index >= 15 is 0 Å². The summed E-state index contributed by atoms with van der Waals surface area (Å²) in [5, 5.41) is 0. The van der Waals surface area contributed by atoms with Gasteiger partial charge in [-0.2, -0.15) is 0 Å². The fourth-order valence-corrected chi connectivity index (χ4v) is 4.85. The third kappa shape index (κ3) is 4.14. The van der Waals surface area contributed by atoms with Gasteiger partial charge >= 0.3 is 5.97 Å². The molecule has 7 nitrogen and oxygen atoms in total. The number of nitrogens with zero attached hydrogens (tertiary/aromatic N) is 2. The van der Waals surface area contributed by atoms with Gasteiger partial charge in [-0.05, 0) is 73.5 Å². The van der Waals surface area contributed by atoms with Gasteiger partial charge in [-0.15, -0.1) is 0 Å². The highest BCUT2D eigenvalue weighted by atomic mass is 79.9. The number of hydrogen-bond acceptors (Lipinski definition) is 5. The summed E-state index contributed by atoms with van der Waals surface area (Å²) in [5.74, 6) is -1.71. The number of halogens is 1. The van der Waals surface area contributed by atoms with Crippen molar-refractivity contribution < 1.29 is 23.9 Å². The second-order valence-electron chi connectivity index (χ2n) is 8.75. The molecule has 176 valence electrons. The van der Waals surface area contributed by atoms with Crippen molar-refractivity contribution in [2.75, 3.05) is 16.3 Å². The molecule has 35 heavy (non-hydrogen) atoms. The van der Waals surface area contributed by atoms with Crippen LogP contribution in [0.3, 0.4) is 0 Å². The lowest BCUT2D eigenvalue weighted by Gasteiger charge is -2.18. The van der Waals surface area contributed by atoms with Gasteiger partial charge in [0.15, 0.2) is 0 Å². The van der Waals surface area contributed by atoms with Crippen molar-refractivity contribution in [3.8, 4) is 5.75 Å². The molecule has 1 saturated heterocycles. The molecule has 0 bridgehead atoms. The molecule has 1 fully saturated rings. The first-order valence-corrected chi connectivity index (χ1v) is 11.9. The molecule has 2 aliphatic rings. The van der Waals surface area contributed by atoms with Gasteiger partial charge in [0.1, 0.15) is 5.75 Å². The van der Waals surface area contributed by atoms with E-state index in [9.17, 15) is 19.2 Å². The number of amides is 3. The monoisotopic (exact) mass is 532 g/mol. The lowest BCUT2D eigenvalue weighted by Crippen LogP contribution is -2.30. The van der Waals surface area contributed by atoms with Crippen LogP contribution in [0.1, 0.15) is 38.3 Å². The number of carbonyl (C=O) groups excluding carboxylic acids is 4. The molecule has 3 aromatic carbocycles. The molecule has 0 saturated carbocycles. The average molecular weight is 533 g/mol. The van der Waals surface area contributed by atoms with Gasteiger partial charge in [0, 0.05) is 23.1 Å². The fourth-order valence-electron chi connectivity index (χ4n) is 4.48. The Morgan fingerprint density at radius 1 is 0.943 bits per heavy atom. The number of benzene rings is 3. The fraction of sp³-hybridized carbons (Fsp3) is 0.185. The van der Waals surface area contributed by atoms with E-state index in [1.54, 1.807) is 48.2 Å². The number of hydrogen-bond donors (Lipinski definition) is 0. The highest BCUT2D eigenvalue weighted by Crippen LogP contribution is 2.34. The lowest BCUT2D eigenvalue weighted by atomic mass is 10.1. The first kappa shape index (κ1) is 23.0. The summed E-state index contributed by atoms with van der Waals surface area (Å²) in [5.41, 5.74) is 3.50. The summed E-state index contributed by atoms with van der Waals surface area (Å²) in [6.45, 7) is 3.94. The Morgan fingerprint density at radius 3 is 2.46 bits per heavy atom. The molecule has 0 N–H and O–H groups in total. The number of aryl methyl sites for hydroxylation is 2. The van der Waals surface area contributed by atoms with E-state index in [0.29, 0.717) is 26.9 Å². The number of rotatable bonds is 4. The summed E-state index contributed by atoms with van der Waals surface area (Å²) in [7, 11) is 0. The van der Waals surface area contributed by atoms with Crippen LogP contribution in [0.25, 0.3) is 0 Å². The van der Waals surface area contributed by atoms with E-state index in [2.05, 4.69) is 15.9 Å². The van der Waals surface area contributed by atoms with Crippen molar-refractivity contribution in [1.82, 2.24) is 0 Å². The van der Waals surface area contributed by atoms with Crippen molar-refractivity contribution in [3.05, 3.63) is 87.4 Å². The maximum Gasteiger partial charge on any atom is 0.316 e. The number of fused-ring (bicyclic) bond motifs is 1. The molecule has 0 unspecified atom stereocenters. The molecular weight excluding hydrogens is 512 g/mol. The zero-order valence-corrected chi connectivity index (χ0v) is 20.7. The van der Waals surface area contributed by atoms with Crippen LogP contribution in [0.4, 0.5) is 11.4 Å². The van der Waals surface area contributed by atoms with Crippen molar-refractivity contribution in [2.45, 2.75) is 20.3 Å². The molecule has 8 heteroatoms. The minimum Gasteiger partial charge on any atom is -0.426 e. The molecular formula is C27H21BrN2O5.